The van der Waals surface area contributed by atoms with E-state index in [2.05, 4.69) is 0 Å². The van der Waals surface area contributed by atoms with Crippen LogP contribution in [0.3, 0.4) is 0 Å². The Bertz CT molecular complexity index is 201. The van der Waals surface area contributed by atoms with Gasteiger partial charge in [-0.2, -0.15) is 11.8 Å². The number of rotatable bonds is 5. The summed E-state index contributed by atoms with van der Waals surface area (Å²) in [5.41, 5.74) is 0. The Balaban J connectivity index is 1.50. The Morgan fingerprint density at radius 3 is 2.76 bits per heavy atom. The summed E-state index contributed by atoms with van der Waals surface area (Å²) >= 11 is 1.98. The number of hydrogen-bond acceptors (Lipinski definition) is 6. The SMILES string of the molecule is C(COC1CCSC1)C[Si]1O[Si]O[Si]O[Si]O1. The predicted octanol–water partition coefficient (Wildman–Crippen LogP) is 0.0694. The van der Waals surface area contributed by atoms with E-state index in [1.165, 1.54) is 12.2 Å². The van der Waals surface area contributed by atoms with Gasteiger partial charge in [0.05, 0.1) is 6.10 Å². The lowest BCUT2D eigenvalue weighted by molar-refractivity contribution is 0.0711. The third-order valence-electron chi connectivity index (χ3n) is 2.24. The van der Waals surface area contributed by atoms with E-state index in [-0.39, 0.29) is 30.0 Å². The first kappa shape index (κ1) is 14.4. The largest absolute Gasteiger partial charge is 0.413 e. The van der Waals surface area contributed by atoms with Crippen LogP contribution >= 0.6 is 11.8 Å². The van der Waals surface area contributed by atoms with E-state index in [4.69, 9.17) is 21.2 Å². The van der Waals surface area contributed by atoms with Gasteiger partial charge in [0.15, 0.2) is 0 Å². The fraction of sp³-hybridized carbons (Fsp3) is 1.00. The van der Waals surface area contributed by atoms with Crippen molar-refractivity contribution in [2.24, 2.45) is 0 Å². The zero-order valence-electron chi connectivity index (χ0n) is 9.27. The zero-order chi connectivity index (χ0) is 11.8. The Morgan fingerprint density at radius 1 is 1.24 bits per heavy atom. The highest BCUT2D eigenvalue weighted by molar-refractivity contribution is 7.99. The Labute approximate surface area is 115 Å². The second-order valence-electron chi connectivity index (χ2n) is 3.49. The third-order valence-corrected chi connectivity index (χ3v) is 7.96. The van der Waals surface area contributed by atoms with E-state index in [9.17, 15) is 0 Å². The number of thioether (sulfide) groups is 1. The molecule has 1 atom stereocenters. The van der Waals surface area contributed by atoms with Crippen LogP contribution in [0.25, 0.3) is 0 Å². The summed E-state index contributed by atoms with van der Waals surface area (Å²) in [6, 6.07) is 0.931. The summed E-state index contributed by atoms with van der Waals surface area (Å²) in [7, 11) is -1.05. The minimum Gasteiger partial charge on any atom is -0.413 e. The minimum absolute atomic E-state index is 0.0497. The summed E-state index contributed by atoms with van der Waals surface area (Å²) < 4.78 is 27.1. The molecule has 0 bridgehead atoms. The van der Waals surface area contributed by atoms with Crippen molar-refractivity contribution in [3.05, 3.63) is 0 Å². The van der Waals surface area contributed by atoms with E-state index < -0.39 is 9.28 Å². The first-order valence-corrected chi connectivity index (χ1v) is 10.5. The minimum atomic E-state index is -1.21. The molecule has 2 fully saturated rings. The van der Waals surface area contributed by atoms with Gasteiger partial charge in [0.1, 0.15) is 0 Å². The smallest absolute Gasteiger partial charge is 0.412 e. The van der Waals surface area contributed by atoms with Gasteiger partial charge in [0, 0.05) is 12.4 Å². The van der Waals surface area contributed by atoms with Gasteiger partial charge in [-0.05, 0) is 24.6 Å². The average molecular weight is 322 g/mol. The van der Waals surface area contributed by atoms with Crippen molar-refractivity contribution in [2.75, 3.05) is 18.1 Å². The molecule has 10 heteroatoms. The second kappa shape index (κ2) is 9.01. The van der Waals surface area contributed by atoms with Crippen molar-refractivity contribution < 1.29 is 21.2 Å². The standard InChI is InChI=1S/C7H13O5SSi4/c1(3-8-7-2-4-13-6-7)5-17-11-15-9-14-10-16-12-17/h7H,1-6H2. The van der Waals surface area contributed by atoms with Gasteiger partial charge in [0.2, 0.25) is 0 Å². The molecule has 0 spiro atoms. The molecule has 2 rings (SSSR count). The van der Waals surface area contributed by atoms with Crippen LogP contribution in [-0.2, 0) is 21.2 Å². The molecular formula is C7H13O5SSi4. The molecule has 2 heterocycles. The van der Waals surface area contributed by atoms with E-state index in [1.54, 1.807) is 0 Å². The van der Waals surface area contributed by atoms with Crippen LogP contribution in [0.1, 0.15) is 12.8 Å². The molecule has 7 radical (unpaired) electrons. The molecule has 0 aromatic heterocycles. The van der Waals surface area contributed by atoms with Crippen molar-refractivity contribution in [2.45, 2.75) is 25.0 Å². The van der Waals surface area contributed by atoms with Crippen LogP contribution in [0.2, 0.25) is 6.04 Å². The summed E-state index contributed by atoms with van der Waals surface area (Å²) in [5.74, 6) is 2.39. The molecule has 5 nitrogen and oxygen atoms in total. The van der Waals surface area contributed by atoms with Crippen molar-refractivity contribution in [3.63, 3.8) is 0 Å². The molecule has 17 heavy (non-hydrogen) atoms. The Hall–Kier alpha value is 1.02. The average Bonchev–Trinajstić information content (AvgIpc) is 2.79. The zero-order valence-corrected chi connectivity index (χ0v) is 14.1. The number of ether oxygens (including phenoxy) is 1. The molecule has 0 aromatic rings. The van der Waals surface area contributed by atoms with Crippen LogP contribution in [0.4, 0.5) is 0 Å². The molecule has 0 aliphatic carbocycles. The molecule has 93 valence electrons. The molecule has 0 aromatic carbocycles. The molecule has 2 aliphatic rings. The van der Waals surface area contributed by atoms with E-state index in [1.807, 2.05) is 11.8 Å². The van der Waals surface area contributed by atoms with Crippen molar-refractivity contribution in [3.8, 4) is 0 Å². The molecule has 1 unspecified atom stereocenters. The van der Waals surface area contributed by atoms with Gasteiger partial charge in [-0.15, -0.1) is 0 Å². The van der Waals surface area contributed by atoms with Gasteiger partial charge in [-0.1, -0.05) is 0 Å². The molecule has 2 aliphatic heterocycles. The molecule has 0 amide bonds. The second-order valence-corrected chi connectivity index (χ2v) is 9.65. The summed E-state index contributed by atoms with van der Waals surface area (Å²) in [6.45, 7) is 0.807. The van der Waals surface area contributed by atoms with Crippen molar-refractivity contribution >= 4 is 51.1 Å². The van der Waals surface area contributed by atoms with Crippen molar-refractivity contribution in [1.29, 1.82) is 0 Å². The fourth-order valence-corrected chi connectivity index (χ4v) is 6.98. The predicted molar refractivity (Wildman–Crippen MR) is 68.5 cm³/mol. The maximum atomic E-state index is 5.78. The molecule has 0 saturated carbocycles. The summed E-state index contributed by atoms with van der Waals surface area (Å²) in [5, 5.41) is 0. The van der Waals surface area contributed by atoms with Crippen molar-refractivity contribution in [1.82, 2.24) is 0 Å². The first-order chi connectivity index (χ1) is 8.45. The monoisotopic (exact) mass is 321 g/mol. The van der Waals surface area contributed by atoms with E-state index in [0.29, 0.717) is 6.10 Å². The van der Waals surface area contributed by atoms with Gasteiger partial charge in [-0.25, -0.2) is 0 Å². The highest BCUT2D eigenvalue weighted by Gasteiger charge is 2.21. The Morgan fingerprint density at radius 2 is 2.06 bits per heavy atom. The summed E-state index contributed by atoms with van der Waals surface area (Å²) in [4.78, 5) is 0. The van der Waals surface area contributed by atoms with Crippen LogP contribution < -0.4 is 0 Å². The fourth-order valence-electron chi connectivity index (χ4n) is 1.42. The van der Waals surface area contributed by atoms with Gasteiger partial charge in [0.25, 0.3) is 0 Å². The number of hydrogen-bond donors (Lipinski definition) is 0. The van der Waals surface area contributed by atoms with Crippen LogP contribution in [0.15, 0.2) is 0 Å². The summed E-state index contributed by atoms with van der Waals surface area (Å²) in [6.07, 6.45) is 2.65. The van der Waals surface area contributed by atoms with E-state index in [0.717, 1.165) is 24.8 Å². The molecule has 2 saturated heterocycles. The topological polar surface area (TPSA) is 46.2 Å². The lowest BCUT2D eigenvalue weighted by atomic mass is 10.3. The third kappa shape index (κ3) is 6.13. The lowest BCUT2D eigenvalue weighted by Crippen LogP contribution is -2.33. The van der Waals surface area contributed by atoms with Crippen LogP contribution in [0.5, 0.6) is 0 Å². The quantitative estimate of drug-likeness (QED) is 0.527. The van der Waals surface area contributed by atoms with E-state index >= 15 is 0 Å². The normalized spacial score (nSPS) is 27.9. The van der Waals surface area contributed by atoms with Crippen LogP contribution in [-0.4, -0.2) is 63.5 Å². The first-order valence-electron chi connectivity index (χ1n) is 5.40. The lowest BCUT2D eigenvalue weighted by Gasteiger charge is -2.17. The highest BCUT2D eigenvalue weighted by Crippen LogP contribution is 2.20. The van der Waals surface area contributed by atoms with Gasteiger partial charge >= 0.3 is 39.3 Å². The molecular weight excluding hydrogens is 308 g/mol. The Kier molecular flexibility index (Phi) is 7.64. The van der Waals surface area contributed by atoms with Gasteiger partial charge < -0.3 is 21.2 Å². The molecule has 0 N–H and O–H groups in total. The highest BCUT2D eigenvalue weighted by atomic mass is 32.2. The van der Waals surface area contributed by atoms with Crippen LogP contribution in [0, 0.1) is 0 Å². The maximum Gasteiger partial charge on any atom is 0.412 e. The van der Waals surface area contributed by atoms with Gasteiger partial charge in [-0.3, -0.25) is 0 Å². The maximum absolute atomic E-state index is 5.78.